The molecule has 0 spiro atoms. The number of nitrogens with one attached hydrogen (secondary N) is 1. The summed E-state index contributed by atoms with van der Waals surface area (Å²) >= 11 is 0. The fraction of sp³-hybridized carbons (Fsp3) is 0.0769. The van der Waals surface area contributed by atoms with Gasteiger partial charge in [0.15, 0.2) is 0 Å². The van der Waals surface area contributed by atoms with Crippen molar-refractivity contribution in [1.29, 1.82) is 0 Å². The van der Waals surface area contributed by atoms with Gasteiger partial charge in [0.25, 0.3) is 0 Å². The Morgan fingerprint density at radius 1 is 1.07 bits per heavy atom. The molecule has 0 saturated carbocycles. The van der Waals surface area contributed by atoms with Crippen molar-refractivity contribution in [3.05, 3.63) is 53.7 Å². The Kier molecular flexibility index (Phi) is 1.57. The minimum atomic E-state index is 0.949. The Morgan fingerprint density at radius 3 is 3.00 bits per heavy atom. The largest absolute Gasteiger partial charge is 0.387 e. The minimum Gasteiger partial charge on any atom is -0.387 e. The maximum Gasteiger partial charge on any atom is 0.0401 e. The highest BCUT2D eigenvalue weighted by molar-refractivity contribution is 5.81. The molecule has 0 aromatic heterocycles. The number of fused-ring (bicyclic) bond motifs is 3. The molecular formula is C13H11N. The molecule has 2 aliphatic carbocycles. The van der Waals surface area contributed by atoms with Gasteiger partial charge in [0.05, 0.1) is 0 Å². The molecule has 1 N–H and O–H groups in total. The van der Waals surface area contributed by atoms with Gasteiger partial charge in [-0.2, -0.15) is 0 Å². The Bertz CT molecular complexity index is 471. The SMILES string of the molecule is C1=Cc2c(cc3cccccc2-3)CN1. The number of hydrogen-bond donors (Lipinski definition) is 1. The van der Waals surface area contributed by atoms with Crippen LogP contribution in [0.3, 0.4) is 0 Å². The lowest BCUT2D eigenvalue weighted by molar-refractivity contribution is 0.864. The zero-order valence-corrected chi connectivity index (χ0v) is 7.83. The summed E-state index contributed by atoms with van der Waals surface area (Å²) in [5.41, 5.74) is 5.44. The molecule has 14 heavy (non-hydrogen) atoms. The summed E-state index contributed by atoms with van der Waals surface area (Å²) in [4.78, 5) is 0. The average Bonchev–Trinajstić information content (AvgIpc) is 2.42. The van der Waals surface area contributed by atoms with Gasteiger partial charge in [-0.3, -0.25) is 0 Å². The molecule has 0 bridgehead atoms. The van der Waals surface area contributed by atoms with Crippen LogP contribution in [0.15, 0.2) is 42.6 Å². The van der Waals surface area contributed by atoms with Crippen LogP contribution in [-0.4, -0.2) is 0 Å². The van der Waals surface area contributed by atoms with E-state index in [2.05, 4.69) is 47.8 Å². The highest BCUT2D eigenvalue weighted by atomic mass is 14.8. The topological polar surface area (TPSA) is 12.0 Å². The van der Waals surface area contributed by atoms with Crippen molar-refractivity contribution in [3.63, 3.8) is 0 Å². The van der Waals surface area contributed by atoms with Crippen molar-refractivity contribution >= 4 is 6.08 Å². The van der Waals surface area contributed by atoms with Crippen LogP contribution >= 0.6 is 0 Å². The summed E-state index contributed by atoms with van der Waals surface area (Å²) in [6.07, 6.45) is 4.18. The summed E-state index contributed by atoms with van der Waals surface area (Å²) in [6, 6.07) is 12.9. The predicted octanol–water partition coefficient (Wildman–Crippen LogP) is 2.87. The monoisotopic (exact) mass is 181 g/mol. The molecule has 3 rings (SSSR count). The predicted molar refractivity (Wildman–Crippen MR) is 58.9 cm³/mol. The first-order chi connectivity index (χ1) is 6.95. The summed E-state index contributed by atoms with van der Waals surface area (Å²) in [6.45, 7) is 0.949. The van der Waals surface area contributed by atoms with Crippen LogP contribution in [0.25, 0.3) is 17.2 Å². The second-order valence-electron chi connectivity index (χ2n) is 3.58. The van der Waals surface area contributed by atoms with Crippen molar-refractivity contribution in [2.75, 3.05) is 0 Å². The molecule has 1 heteroatoms. The molecule has 0 radical (unpaired) electrons. The molecule has 0 aromatic carbocycles. The molecule has 1 aliphatic heterocycles. The zero-order valence-electron chi connectivity index (χ0n) is 7.83. The van der Waals surface area contributed by atoms with Gasteiger partial charge in [0.2, 0.25) is 0 Å². The first-order valence-electron chi connectivity index (χ1n) is 4.86. The van der Waals surface area contributed by atoms with Crippen LogP contribution in [0.1, 0.15) is 11.1 Å². The molecule has 0 atom stereocenters. The lowest BCUT2D eigenvalue weighted by atomic mass is 10.1. The maximum atomic E-state index is 3.23. The second-order valence-corrected chi connectivity index (χ2v) is 3.58. The van der Waals surface area contributed by atoms with Crippen molar-refractivity contribution in [2.24, 2.45) is 0 Å². The Balaban J connectivity index is 2.33. The molecule has 1 nitrogen and oxygen atoms in total. The highest BCUT2D eigenvalue weighted by Gasteiger charge is 2.13. The molecule has 0 fully saturated rings. The quantitative estimate of drug-likeness (QED) is 0.659. The van der Waals surface area contributed by atoms with E-state index >= 15 is 0 Å². The van der Waals surface area contributed by atoms with Crippen LogP contribution in [-0.2, 0) is 6.54 Å². The lowest BCUT2D eigenvalue weighted by Gasteiger charge is -2.07. The molecule has 68 valence electrons. The van der Waals surface area contributed by atoms with Crippen LogP contribution < -0.4 is 5.32 Å². The van der Waals surface area contributed by atoms with E-state index in [4.69, 9.17) is 0 Å². The molecule has 0 amide bonds. The summed E-state index contributed by atoms with van der Waals surface area (Å²) in [5.74, 6) is 0. The Hall–Kier alpha value is -1.76. The fourth-order valence-corrected chi connectivity index (χ4v) is 2.02. The standard InChI is InChI=1S/C13H11N/c1-2-4-10-8-11-9-14-7-6-13(11)12(10)5-3-1/h1-8,14H,9H2. The van der Waals surface area contributed by atoms with Gasteiger partial charge in [-0.05, 0) is 40.6 Å². The Morgan fingerprint density at radius 2 is 2.00 bits per heavy atom. The van der Waals surface area contributed by atoms with E-state index in [1.165, 1.54) is 22.3 Å². The van der Waals surface area contributed by atoms with E-state index in [1.54, 1.807) is 0 Å². The highest BCUT2D eigenvalue weighted by Crippen LogP contribution is 2.33. The van der Waals surface area contributed by atoms with E-state index in [0.29, 0.717) is 0 Å². The normalized spacial score (nSPS) is 13.7. The second kappa shape index (κ2) is 2.88. The van der Waals surface area contributed by atoms with Gasteiger partial charge in [-0.25, -0.2) is 0 Å². The first-order valence-corrected chi connectivity index (χ1v) is 4.86. The fourth-order valence-electron chi connectivity index (χ4n) is 2.02. The van der Waals surface area contributed by atoms with Gasteiger partial charge in [0, 0.05) is 6.54 Å². The van der Waals surface area contributed by atoms with Crippen LogP contribution in [0.5, 0.6) is 0 Å². The van der Waals surface area contributed by atoms with Gasteiger partial charge >= 0.3 is 0 Å². The zero-order chi connectivity index (χ0) is 9.38. The van der Waals surface area contributed by atoms with Crippen LogP contribution in [0, 0.1) is 0 Å². The molecule has 0 unspecified atom stereocenters. The van der Waals surface area contributed by atoms with Gasteiger partial charge < -0.3 is 5.32 Å². The number of hydrogen-bond acceptors (Lipinski definition) is 1. The van der Waals surface area contributed by atoms with E-state index in [9.17, 15) is 0 Å². The maximum absolute atomic E-state index is 3.23. The van der Waals surface area contributed by atoms with E-state index in [1.807, 2.05) is 6.20 Å². The van der Waals surface area contributed by atoms with Gasteiger partial charge in [-0.1, -0.05) is 30.3 Å². The molecule has 0 aromatic rings. The smallest absolute Gasteiger partial charge is 0.0401 e. The molecule has 1 heterocycles. The van der Waals surface area contributed by atoms with Crippen LogP contribution in [0.2, 0.25) is 0 Å². The van der Waals surface area contributed by atoms with E-state index < -0.39 is 0 Å². The van der Waals surface area contributed by atoms with Crippen molar-refractivity contribution in [1.82, 2.24) is 5.32 Å². The third-order valence-electron chi connectivity index (χ3n) is 2.70. The van der Waals surface area contributed by atoms with Crippen molar-refractivity contribution in [3.8, 4) is 11.1 Å². The van der Waals surface area contributed by atoms with Crippen molar-refractivity contribution in [2.45, 2.75) is 6.54 Å². The van der Waals surface area contributed by atoms with Gasteiger partial charge in [0.1, 0.15) is 0 Å². The minimum absolute atomic E-state index is 0.949. The lowest BCUT2D eigenvalue weighted by Crippen LogP contribution is -2.07. The van der Waals surface area contributed by atoms with Crippen LogP contribution in [0.4, 0.5) is 0 Å². The average molecular weight is 181 g/mol. The summed E-state index contributed by atoms with van der Waals surface area (Å²) < 4.78 is 0. The summed E-state index contributed by atoms with van der Waals surface area (Å²) in [5, 5.41) is 3.23. The van der Waals surface area contributed by atoms with E-state index in [0.717, 1.165) is 6.54 Å². The summed E-state index contributed by atoms with van der Waals surface area (Å²) in [7, 11) is 0. The molecular weight excluding hydrogens is 170 g/mol. The third-order valence-corrected chi connectivity index (χ3v) is 2.70. The van der Waals surface area contributed by atoms with Gasteiger partial charge in [-0.15, -0.1) is 0 Å². The molecule has 3 aliphatic rings. The number of rotatable bonds is 0. The first kappa shape index (κ1) is 7.63. The Labute approximate surface area is 83.4 Å². The molecule has 0 saturated heterocycles. The van der Waals surface area contributed by atoms with E-state index in [-0.39, 0.29) is 0 Å². The third kappa shape index (κ3) is 1.02. The van der Waals surface area contributed by atoms with Crippen molar-refractivity contribution < 1.29 is 0 Å².